The first-order valence-electron chi connectivity index (χ1n) is 5.58. The molecule has 1 aromatic carbocycles. The summed E-state index contributed by atoms with van der Waals surface area (Å²) in [5.74, 6) is 0.493. The van der Waals surface area contributed by atoms with Gasteiger partial charge in [0, 0.05) is 5.02 Å². The van der Waals surface area contributed by atoms with Crippen LogP contribution in [0.15, 0.2) is 46.1 Å². The SMILES string of the molecule is O=C(COc1ccc(Cl)cc1Cl)N/N=C/c1ccco1. The predicted octanol–water partition coefficient (Wildman–Crippen LogP) is 3.12. The number of hydrogen-bond donors (Lipinski definition) is 1. The summed E-state index contributed by atoms with van der Waals surface area (Å²) in [6.45, 7) is -0.211. The maximum atomic E-state index is 11.5. The molecule has 20 heavy (non-hydrogen) atoms. The Morgan fingerprint density at radius 1 is 1.40 bits per heavy atom. The Bertz CT molecular complexity index is 612. The van der Waals surface area contributed by atoms with Crippen molar-refractivity contribution in [3.05, 3.63) is 52.4 Å². The smallest absolute Gasteiger partial charge is 0.277 e. The Morgan fingerprint density at radius 3 is 2.95 bits per heavy atom. The summed E-state index contributed by atoms with van der Waals surface area (Å²) in [7, 11) is 0. The fourth-order valence-electron chi connectivity index (χ4n) is 1.30. The van der Waals surface area contributed by atoms with E-state index in [4.69, 9.17) is 32.4 Å². The van der Waals surface area contributed by atoms with Gasteiger partial charge in [0.2, 0.25) is 0 Å². The van der Waals surface area contributed by atoms with E-state index in [0.717, 1.165) is 0 Å². The molecule has 1 N–H and O–H groups in total. The third kappa shape index (κ3) is 4.29. The average Bonchev–Trinajstić information content (AvgIpc) is 2.91. The summed E-state index contributed by atoms with van der Waals surface area (Å²) in [4.78, 5) is 11.5. The van der Waals surface area contributed by atoms with Gasteiger partial charge in [-0.3, -0.25) is 4.79 Å². The molecule has 0 radical (unpaired) electrons. The Morgan fingerprint density at radius 2 is 2.25 bits per heavy atom. The number of carbonyl (C=O) groups is 1. The van der Waals surface area contributed by atoms with Crippen LogP contribution in [0, 0.1) is 0 Å². The van der Waals surface area contributed by atoms with Gasteiger partial charge in [-0.05, 0) is 30.3 Å². The number of halogens is 2. The number of furan rings is 1. The van der Waals surface area contributed by atoms with Gasteiger partial charge in [0.05, 0.1) is 17.5 Å². The summed E-state index contributed by atoms with van der Waals surface area (Å²) in [5.41, 5.74) is 2.30. The van der Waals surface area contributed by atoms with Gasteiger partial charge in [-0.25, -0.2) is 5.43 Å². The van der Waals surface area contributed by atoms with Crippen LogP contribution in [0.5, 0.6) is 5.75 Å². The van der Waals surface area contributed by atoms with Crippen LogP contribution in [0.2, 0.25) is 10.0 Å². The Labute approximate surface area is 125 Å². The highest BCUT2D eigenvalue weighted by molar-refractivity contribution is 6.35. The molecule has 2 aromatic rings. The van der Waals surface area contributed by atoms with Crippen molar-refractivity contribution in [2.24, 2.45) is 5.10 Å². The van der Waals surface area contributed by atoms with Gasteiger partial charge < -0.3 is 9.15 Å². The van der Waals surface area contributed by atoms with Gasteiger partial charge in [0.25, 0.3) is 5.91 Å². The monoisotopic (exact) mass is 312 g/mol. The molecule has 0 fully saturated rings. The lowest BCUT2D eigenvalue weighted by Crippen LogP contribution is -2.24. The predicted molar refractivity (Wildman–Crippen MR) is 76.4 cm³/mol. The van der Waals surface area contributed by atoms with Gasteiger partial charge in [-0.15, -0.1) is 0 Å². The van der Waals surface area contributed by atoms with E-state index in [2.05, 4.69) is 10.5 Å². The van der Waals surface area contributed by atoms with E-state index >= 15 is 0 Å². The van der Waals surface area contributed by atoms with Gasteiger partial charge in [-0.1, -0.05) is 23.2 Å². The molecule has 104 valence electrons. The molecular formula is C13H10Cl2N2O3. The molecule has 7 heteroatoms. The van der Waals surface area contributed by atoms with Gasteiger partial charge in [0.1, 0.15) is 11.5 Å². The molecule has 0 bridgehead atoms. The minimum atomic E-state index is -0.418. The lowest BCUT2D eigenvalue weighted by atomic mass is 10.3. The first-order chi connectivity index (χ1) is 9.65. The number of hydrazone groups is 1. The van der Waals surface area contributed by atoms with Crippen molar-refractivity contribution in [3.63, 3.8) is 0 Å². The quantitative estimate of drug-likeness (QED) is 0.681. The summed E-state index contributed by atoms with van der Waals surface area (Å²) < 4.78 is 10.3. The number of amides is 1. The minimum Gasteiger partial charge on any atom is -0.482 e. The van der Waals surface area contributed by atoms with Crippen LogP contribution >= 0.6 is 23.2 Å². The molecule has 0 spiro atoms. The maximum Gasteiger partial charge on any atom is 0.277 e. The van der Waals surface area contributed by atoms with Crippen LogP contribution in [-0.2, 0) is 4.79 Å². The van der Waals surface area contributed by atoms with Crippen molar-refractivity contribution < 1.29 is 13.9 Å². The van der Waals surface area contributed by atoms with Crippen LogP contribution in [-0.4, -0.2) is 18.7 Å². The lowest BCUT2D eigenvalue weighted by Gasteiger charge is -2.06. The number of nitrogens with zero attached hydrogens (tertiary/aromatic N) is 1. The summed E-state index contributed by atoms with van der Waals surface area (Å²) in [5, 5.41) is 4.54. The minimum absolute atomic E-state index is 0.211. The summed E-state index contributed by atoms with van der Waals surface area (Å²) in [6.07, 6.45) is 2.89. The number of ether oxygens (including phenoxy) is 1. The average molecular weight is 313 g/mol. The Hall–Kier alpha value is -1.98. The topological polar surface area (TPSA) is 63.8 Å². The molecule has 0 aliphatic heterocycles. The molecule has 0 saturated heterocycles. The third-order valence-corrected chi connectivity index (χ3v) is 2.71. The first-order valence-corrected chi connectivity index (χ1v) is 6.34. The van der Waals surface area contributed by atoms with Gasteiger partial charge in [0.15, 0.2) is 6.61 Å². The maximum absolute atomic E-state index is 11.5. The number of nitrogens with one attached hydrogen (secondary N) is 1. The molecular weight excluding hydrogens is 303 g/mol. The molecule has 0 aliphatic carbocycles. The molecule has 2 rings (SSSR count). The summed E-state index contributed by atoms with van der Waals surface area (Å²) >= 11 is 11.7. The van der Waals surface area contributed by atoms with Crippen LogP contribution in [0.3, 0.4) is 0 Å². The van der Waals surface area contributed by atoms with Crippen molar-refractivity contribution in [2.45, 2.75) is 0 Å². The fraction of sp³-hybridized carbons (Fsp3) is 0.0769. The standard InChI is InChI=1S/C13H10Cl2N2O3/c14-9-3-4-12(11(15)6-9)20-8-13(18)17-16-7-10-2-1-5-19-10/h1-7H,8H2,(H,17,18)/b16-7+. The number of rotatable bonds is 5. The molecule has 1 heterocycles. The van der Waals surface area contributed by atoms with Crippen LogP contribution in [0.4, 0.5) is 0 Å². The van der Waals surface area contributed by atoms with Gasteiger partial charge >= 0.3 is 0 Å². The first kappa shape index (κ1) is 14.4. The van der Waals surface area contributed by atoms with Crippen molar-refractivity contribution in [2.75, 3.05) is 6.61 Å². The largest absolute Gasteiger partial charge is 0.482 e. The number of carbonyl (C=O) groups excluding carboxylic acids is 1. The highest BCUT2D eigenvalue weighted by atomic mass is 35.5. The van der Waals surface area contributed by atoms with Crippen molar-refractivity contribution in [1.29, 1.82) is 0 Å². The Balaban J connectivity index is 1.80. The second-order valence-corrected chi connectivity index (χ2v) is 4.52. The molecule has 1 aromatic heterocycles. The van der Waals surface area contributed by atoms with Crippen LogP contribution in [0.1, 0.15) is 5.76 Å². The molecule has 0 aliphatic rings. The van der Waals surface area contributed by atoms with E-state index < -0.39 is 5.91 Å². The lowest BCUT2D eigenvalue weighted by molar-refractivity contribution is -0.123. The van der Waals surface area contributed by atoms with Crippen LogP contribution < -0.4 is 10.2 Å². The number of hydrogen-bond acceptors (Lipinski definition) is 4. The van der Waals surface area contributed by atoms with E-state index in [1.165, 1.54) is 18.5 Å². The molecule has 1 amide bonds. The highest BCUT2D eigenvalue weighted by Gasteiger charge is 2.05. The van der Waals surface area contributed by atoms with E-state index in [1.54, 1.807) is 24.3 Å². The van der Waals surface area contributed by atoms with E-state index in [9.17, 15) is 4.79 Å². The van der Waals surface area contributed by atoms with E-state index in [0.29, 0.717) is 21.6 Å². The second-order valence-electron chi connectivity index (χ2n) is 3.67. The molecule has 0 unspecified atom stereocenters. The zero-order valence-corrected chi connectivity index (χ0v) is 11.7. The molecule has 5 nitrogen and oxygen atoms in total. The Kier molecular flexibility index (Phi) is 5.03. The van der Waals surface area contributed by atoms with Crippen molar-refractivity contribution >= 4 is 35.3 Å². The normalized spacial score (nSPS) is 10.7. The molecule has 0 atom stereocenters. The highest BCUT2D eigenvalue weighted by Crippen LogP contribution is 2.27. The summed E-state index contributed by atoms with van der Waals surface area (Å²) in [6, 6.07) is 8.17. The van der Waals surface area contributed by atoms with Crippen molar-refractivity contribution in [3.8, 4) is 5.75 Å². The fourth-order valence-corrected chi connectivity index (χ4v) is 1.76. The van der Waals surface area contributed by atoms with Crippen LogP contribution in [0.25, 0.3) is 0 Å². The molecule has 0 saturated carbocycles. The van der Waals surface area contributed by atoms with Gasteiger partial charge in [-0.2, -0.15) is 5.10 Å². The number of benzene rings is 1. The van der Waals surface area contributed by atoms with Crippen molar-refractivity contribution in [1.82, 2.24) is 5.43 Å². The van der Waals surface area contributed by atoms with E-state index in [-0.39, 0.29) is 6.61 Å². The third-order valence-electron chi connectivity index (χ3n) is 2.18. The second kappa shape index (κ2) is 6.98. The van der Waals surface area contributed by atoms with E-state index in [1.807, 2.05) is 0 Å². The zero-order chi connectivity index (χ0) is 14.4. The zero-order valence-electron chi connectivity index (χ0n) is 10.2.